The summed E-state index contributed by atoms with van der Waals surface area (Å²) in [6, 6.07) is 20.1. The van der Waals surface area contributed by atoms with Crippen LogP contribution in [0.5, 0.6) is 0 Å². The van der Waals surface area contributed by atoms with E-state index >= 15 is 0 Å². The highest BCUT2D eigenvalue weighted by Gasteiger charge is 2.05. The molecule has 3 nitrogen and oxygen atoms in total. The van der Waals surface area contributed by atoms with Crippen molar-refractivity contribution < 1.29 is 0 Å². The van der Waals surface area contributed by atoms with Gasteiger partial charge in [0.05, 0.1) is 0 Å². The van der Waals surface area contributed by atoms with Gasteiger partial charge in [0.25, 0.3) is 5.56 Å². The highest BCUT2D eigenvalue weighted by molar-refractivity contribution is 7.98. The minimum atomic E-state index is -0.0607. The molecule has 3 rings (SSSR count). The van der Waals surface area contributed by atoms with E-state index in [1.807, 2.05) is 48.5 Å². The van der Waals surface area contributed by atoms with Crippen LogP contribution >= 0.6 is 11.8 Å². The van der Waals surface area contributed by atoms with Gasteiger partial charge in [0.15, 0.2) is 5.16 Å². The van der Waals surface area contributed by atoms with E-state index in [1.54, 1.807) is 6.20 Å². The summed E-state index contributed by atoms with van der Waals surface area (Å²) >= 11 is 1.54. The number of hydrogen-bond acceptors (Lipinski definition) is 3. The van der Waals surface area contributed by atoms with Gasteiger partial charge < -0.3 is 4.98 Å². The van der Waals surface area contributed by atoms with Crippen molar-refractivity contribution in [2.75, 3.05) is 0 Å². The molecule has 1 aromatic heterocycles. The van der Waals surface area contributed by atoms with Gasteiger partial charge in [-0.05, 0) is 11.1 Å². The Labute approximate surface area is 133 Å². The summed E-state index contributed by atoms with van der Waals surface area (Å²) in [5, 5.41) is 0.658. The maximum Gasteiger partial charge on any atom is 0.255 e. The summed E-state index contributed by atoms with van der Waals surface area (Å²) in [4.78, 5) is 19.4. The minimum Gasteiger partial charge on any atom is -0.301 e. The summed E-state index contributed by atoms with van der Waals surface area (Å²) in [5.41, 5.74) is 2.95. The quantitative estimate of drug-likeness (QED) is 0.578. The van der Waals surface area contributed by atoms with Crippen LogP contribution < -0.4 is 5.56 Å². The number of hydrogen-bond donors (Lipinski definition) is 1. The lowest BCUT2D eigenvalue weighted by Crippen LogP contribution is -2.14. The average molecular weight is 308 g/mol. The van der Waals surface area contributed by atoms with E-state index in [0.29, 0.717) is 17.1 Å². The van der Waals surface area contributed by atoms with Crippen molar-refractivity contribution in [1.29, 1.82) is 0 Å². The first-order valence-electron chi connectivity index (χ1n) is 7.10. The predicted molar refractivity (Wildman–Crippen MR) is 90.1 cm³/mol. The number of thioether (sulfide) groups is 1. The van der Waals surface area contributed by atoms with Crippen molar-refractivity contribution in [2.24, 2.45) is 0 Å². The molecule has 2 aromatic carbocycles. The van der Waals surface area contributed by atoms with E-state index < -0.39 is 0 Å². The summed E-state index contributed by atoms with van der Waals surface area (Å²) in [6.45, 7) is 0. The number of aromatic amines is 1. The van der Waals surface area contributed by atoms with Gasteiger partial charge in [0.1, 0.15) is 0 Å². The minimum absolute atomic E-state index is 0.0607. The van der Waals surface area contributed by atoms with Gasteiger partial charge in [-0.2, -0.15) is 0 Å². The molecule has 0 atom stereocenters. The lowest BCUT2D eigenvalue weighted by atomic mass is 10.1. The van der Waals surface area contributed by atoms with Crippen LogP contribution in [0.3, 0.4) is 0 Å². The van der Waals surface area contributed by atoms with Crippen LogP contribution in [-0.2, 0) is 12.2 Å². The number of benzene rings is 2. The van der Waals surface area contributed by atoms with E-state index in [-0.39, 0.29) is 5.56 Å². The lowest BCUT2D eigenvalue weighted by molar-refractivity contribution is 0.899. The van der Waals surface area contributed by atoms with Gasteiger partial charge in [-0.25, -0.2) is 4.98 Å². The van der Waals surface area contributed by atoms with E-state index in [9.17, 15) is 4.79 Å². The standard InChI is InChI=1S/C18H16N2OS/c21-17-16(11-14-7-3-1-4-8-14)12-19-18(20-17)22-13-15-9-5-2-6-10-15/h1-10,12H,11,13H2,(H,19,20,21). The largest absolute Gasteiger partial charge is 0.301 e. The van der Waals surface area contributed by atoms with E-state index in [0.717, 1.165) is 11.3 Å². The smallest absolute Gasteiger partial charge is 0.255 e. The van der Waals surface area contributed by atoms with Crippen LogP contribution in [-0.4, -0.2) is 9.97 Å². The van der Waals surface area contributed by atoms with Gasteiger partial charge in [0.2, 0.25) is 0 Å². The fourth-order valence-corrected chi connectivity index (χ4v) is 2.93. The Morgan fingerprint density at radius 1 is 0.909 bits per heavy atom. The Balaban J connectivity index is 1.68. The van der Waals surface area contributed by atoms with Crippen molar-refractivity contribution in [3.05, 3.63) is 93.9 Å². The Morgan fingerprint density at radius 2 is 1.55 bits per heavy atom. The van der Waals surface area contributed by atoms with E-state index in [4.69, 9.17) is 0 Å². The van der Waals surface area contributed by atoms with Gasteiger partial charge >= 0.3 is 0 Å². The molecule has 0 aliphatic rings. The summed E-state index contributed by atoms with van der Waals surface area (Å²) in [7, 11) is 0. The van der Waals surface area contributed by atoms with Crippen LogP contribution in [0.2, 0.25) is 0 Å². The SMILES string of the molecule is O=c1[nH]c(SCc2ccccc2)ncc1Cc1ccccc1. The maximum atomic E-state index is 12.1. The third-order valence-corrected chi connectivity index (χ3v) is 4.26. The van der Waals surface area contributed by atoms with Gasteiger partial charge in [-0.15, -0.1) is 0 Å². The molecule has 4 heteroatoms. The highest BCUT2D eigenvalue weighted by Crippen LogP contribution is 2.17. The third kappa shape index (κ3) is 3.86. The maximum absolute atomic E-state index is 12.1. The lowest BCUT2D eigenvalue weighted by Gasteiger charge is -2.04. The molecule has 0 saturated carbocycles. The average Bonchev–Trinajstić information content (AvgIpc) is 2.57. The Kier molecular flexibility index (Phi) is 4.71. The van der Waals surface area contributed by atoms with Crippen molar-refractivity contribution >= 4 is 11.8 Å². The Bertz CT molecular complexity index is 785. The van der Waals surface area contributed by atoms with Crippen molar-refractivity contribution in [3.63, 3.8) is 0 Å². The Morgan fingerprint density at radius 3 is 2.18 bits per heavy atom. The molecule has 0 amide bonds. The molecule has 0 aliphatic carbocycles. The number of nitrogens with one attached hydrogen (secondary N) is 1. The predicted octanol–water partition coefficient (Wildman–Crippen LogP) is 3.65. The van der Waals surface area contributed by atoms with Crippen molar-refractivity contribution in [2.45, 2.75) is 17.3 Å². The zero-order valence-corrected chi connectivity index (χ0v) is 12.8. The molecule has 3 aromatic rings. The molecule has 1 heterocycles. The van der Waals surface area contributed by atoms with Crippen molar-refractivity contribution in [1.82, 2.24) is 9.97 Å². The highest BCUT2D eigenvalue weighted by atomic mass is 32.2. The van der Waals surface area contributed by atoms with Crippen LogP contribution in [0.15, 0.2) is 76.8 Å². The molecule has 0 saturated heterocycles. The van der Waals surface area contributed by atoms with Gasteiger partial charge in [0, 0.05) is 23.9 Å². The second-order valence-corrected chi connectivity index (χ2v) is 5.94. The molecular weight excluding hydrogens is 292 g/mol. The van der Waals surface area contributed by atoms with Crippen LogP contribution in [0.4, 0.5) is 0 Å². The van der Waals surface area contributed by atoms with E-state index in [2.05, 4.69) is 22.1 Å². The molecule has 0 aliphatic heterocycles. The zero-order chi connectivity index (χ0) is 15.2. The number of nitrogens with zero attached hydrogens (tertiary/aromatic N) is 1. The molecule has 0 radical (unpaired) electrons. The molecule has 0 spiro atoms. The molecule has 0 fully saturated rings. The number of rotatable bonds is 5. The fraction of sp³-hybridized carbons (Fsp3) is 0.111. The van der Waals surface area contributed by atoms with E-state index in [1.165, 1.54) is 17.3 Å². The second-order valence-electron chi connectivity index (χ2n) is 4.98. The first kappa shape index (κ1) is 14.6. The van der Waals surface area contributed by atoms with Crippen molar-refractivity contribution in [3.8, 4) is 0 Å². The third-order valence-electron chi connectivity index (χ3n) is 3.31. The Hall–Kier alpha value is -2.33. The number of aromatic nitrogens is 2. The first-order valence-corrected chi connectivity index (χ1v) is 8.09. The summed E-state index contributed by atoms with van der Waals surface area (Å²) in [5.74, 6) is 0.793. The summed E-state index contributed by atoms with van der Waals surface area (Å²) < 4.78 is 0. The van der Waals surface area contributed by atoms with Crippen LogP contribution in [0.1, 0.15) is 16.7 Å². The van der Waals surface area contributed by atoms with Crippen LogP contribution in [0.25, 0.3) is 0 Å². The molecule has 1 N–H and O–H groups in total. The molecule has 22 heavy (non-hydrogen) atoms. The normalized spacial score (nSPS) is 10.5. The first-order chi connectivity index (χ1) is 10.8. The number of H-pyrrole nitrogens is 1. The summed E-state index contributed by atoms with van der Waals surface area (Å²) in [6.07, 6.45) is 2.28. The second kappa shape index (κ2) is 7.09. The molecule has 0 unspecified atom stereocenters. The fourth-order valence-electron chi connectivity index (χ4n) is 2.15. The van der Waals surface area contributed by atoms with Crippen LogP contribution in [0, 0.1) is 0 Å². The topological polar surface area (TPSA) is 45.8 Å². The van der Waals surface area contributed by atoms with Gasteiger partial charge in [-0.3, -0.25) is 4.79 Å². The zero-order valence-electron chi connectivity index (χ0n) is 12.0. The molecular formula is C18H16N2OS. The molecule has 110 valence electrons. The molecule has 0 bridgehead atoms. The monoisotopic (exact) mass is 308 g/mol. The van der Waals surface area contributed by atoms with Gasteiger partial charge in [-0.1, -0.05) is 72.4 Å².